The van der Waals surface area contributed by atoms with Crippen molar-refractivity contribution in [1.82, 2.24) is 5.32 Å². The van der Waals surface area contributed by atoms with Crippen LogP contribution in [0.4, 0.5) is 5.69 Å². The molecule has 0 bridgehead atoms. The van der Waals surface area contributed by atoms with Crippen LogP contribution in [-0.2, 0) is 20.9 Å². The number of amides is 1. The highest BCUT2D eigenvalue weighted by Gasteiger charge is 2.40. The largest absolute Gasteiger partial charge is 0.476 e. The summed E-state index contributed by atoms with van der Waals surface area (Å²) in [5.74, 6) is 1.09. The van der Waals surface area contributed by atoms with Crippen molar-refractivity contribution in [1.29, 1.82) is 0 Å². The number of methoxy groups -OCH3 is 1. The number of benzene rings is 2. The zero-order valence-corrected chi connectivity index (χ0v) is 19.3. The number of hydrogen-bond donors (Lipinski definition) is 1. The molecule has 2 aliphatic rings. The number of rotatable bonds is 8. The second kappa shape index (κ2) is 10.0. The predicted octanol–water partition coefficient (Wildman–Crippen LogP) is 3.89. The highest BCUT2D eigenvalue weighted by Crippen LogP contribution is 2.39. The first kappa shape index (κ1) is 22.8. The molecule has 4 rings (SSSR count). The molecule has 1 saturated heterocycles. The summed E-state index contributed by atoms with van der Waals surface area (Å²) < 4.78 is 17.6. The summed E-state index contributed by atoms with van der Waals surface area (Å²) in [4.78, 5) is 14.9. The van der Waals surface area contributed by atoms with Crippen molar-refractivity contribution in [2.45, 2.75) is 50.9 Å². The van der Waals surface area contributed by atoms with Crippen LogP contribution in [0.2, 0.25) is 0 Å². The molecule has 0 radical (unpaired) electrons. The minimum Gasteiger partial charge on any atom is -0.476 e. The number of nitrogens with zero attached hydrogens (tertiary/aromatic N) is 1. The van der Waals surface area contributed by atoms with E-state index in [0.717, 1.165) is 42.9 Å². The third kappa shape index (κ3) is 4.98. The number of carbonyl (C=O) groups is 1. The fourth-order valence-electron chi connectivity index (χ4n) is 4.58. The van der Waals surface area contributed by atoms with Crippen LogP contribution >= 0.6 is 0 Å². The van der Waals surface area contributed by atoms with Crippen molar-refractivity contribution in [2.24, 2.45) is 0 Å². The Morgan fingerprint density at radius 3 is 2.78 bits per heavy atom. The lowest BCUT2D eigenvalue weighted by Gasteiger charge is -2.39. The number of anilines is 1. The molecule has 2 aromatic carbocycles. The summed E-state index contributed by atoms with van der Waals surface area (Å²) in [6.45, 7) is 7.18. The normalized spacial score (nSPS) is 22.3. The molecule has 0 unspecified atom stereocenters. The summed E-state index contributed by atoms with van der Waals surface area (Å²) in [6.07, 6.45) is 1.94. The van der Waals surface area contributed by atoms with Gasteiger partial charge < -0.3 is 24.4 Å². The summed E-state index contributed by atoms with van der Waals surface area (Å²) >= 11 is 0. The summed E-state index contributed by atoms with van der Waals surface area (Å²) in [6, 6.07) is 16.6. The predicted molar refractivity (Wildman–Crippen MR) is 125 cm³/mol. The van der Waals surface area contributed by atoms with E-state index in [9.17, 15) is 4.79 Å². The van der Waals surface area contributed by atoms with Crippen molar-refractivity contribution in [3.63, 3.8) is 0 Å². The van der Waals surface area contributed by atoms with Crippen LogP contribution in [-0.4, -0.2) is 51.0 Å². The van der Waals surface area contributed by atoms with Gasteiger partial charge in [-0.3, -0.25) is 4.79 Å². The van der Waals surface area contributed by atoms with Crippen molar-refractivity contribution < 1.29 is 19.0 Å². The summed E-state index contributed by atoms with van der Waals surface area (Å²) in [5, 5.41) is 3.46. The Hall–Kier alpha value is -2.41. The van der Waals surface area contributed by atoms with E-state index < -0.39 is 5.60 Å². The maximum absolute atomic E-state index is 13.0. The Morgan fingerprint density at radius 2 is 2.00 bits per heavy atom. The number of fused-ring (bicyclic) bond motifs is 1. The molecule has 0 aliphatic carbocycles. The first-order chi connectivity index (χ1) is 15.5. The summed E-state index contributed by atoms with van der Waals surface area (Å²) in [7, 11) is 1.68. The monoisotopic (exact) mass is 438 g/mol. The van der Waals surface area contributed by atoms with E-state index in [2.05, 4.69) is 35.6 Å². The molecular formula is C26H34N2O4. The minimum atomic E-state index is -0.880. The molecule has 0 saturated carbocycles. The van der Waals surface area contributed by atoms with E-state index in [1.165, 1.54) is 5.56 Å². The number of nitrogens with one attached hydrogen (secondary N) is 1. The van der Waals surface area contributed by atoms with Crippen LogP contribution in [0, 0.1) is 0 Å². The van der Waals surface area contributed by atoms with Gasteiger partial charge in [0.25, 0.3) is 5.91 Å². The Labute approximate surface area is 190 Å². The van der Waals surface area contributed by atoms with Crippen LogP contribution in [0.25, 0.3) is 0 Å². The first-order valence-electron chi connectivity index (χ1n) is 11.5. The van der Waals surface area contributed by atoms with E-state index in [1.807, 2.05) is 36.9 Å². The van der Waals surface area contributed by atoms with Gasteiger partial charge in [0.2, 0.25) is 0 Å². The molecule has 172 valence electrons. The van der Waals surface area contributed by atoms with E-state index >= 15 is 0 Å². The van der Waals surface area contributed by atoms with Crippen LogP contribution in [0.1, 0.15) is 43.7 Å². The molecule has 2 aliphatic heterocycles. The SMILES string of the molecule is COCCCN1C(=O)C(C)(C)Oc2ccc(CO[C@H]3CNCC[C@@H]3c3ccccc3)cc21. The van der Waals surface area contributed by atoms with Gasteiger partial charge in [-0.25, -0.2) is 0 Å². The van der Waals surface area contributed by atoms with Gasteiger partial charge in [-0.15, -0.1) is 0 Å². The maximum atomic E-state index is 13.0. The second-order valence-corrected chi connectivity index (χ2v) is 9.08. The Morgan fingerprint density at radius 1 is 1.19 bits per heavy atom. The molecule has 6 heteroatoms. The van der Waals surface area contributed by atoms with Crippen LogP contribution in [0.3, 0.4) is 0 Å². The fraction of sp³-hybridized carbons (Fsp3) is 0.500. The molecule has 0 spiro atoms. The molecule has 2 heterocycles. The smallest absolute Gasteiger partial charge is 0.270 e. The molecular weight excluding hydrogens is 404 g/mol. The van der Waals surface area contributed by atoms with Gasteiger partial charge in [0.15, 0.2) is 5.60 Å². The lowest BCUT2D eigenvalue weighted by Crippen LogP contribution is -2.52. The second-order valence-electron chi connectivity index (χ2n) is 9.08. The Balaban J connectivity index is 1.50. The quantitative estimate of drug-likeness (QED) is 0.634. The van der Waals surface area contributed by atoms with Crippen LogP contribution in [0.15, 0.2) is 48.5 Å². The van der Waals surface area contributed by atoms with E-state index in [-0.39, 0.29) is 12.0 Å². The Kier molecular flexibility index (Phi) is 7.13. The van der Waals surface area contributed by atoms with Crippen molar-refractivity contribution in [3.05, 3.63) is 59.7 Å². The average molecular weight is 439 g/mol. The standard InChI is InChI=1S/C26H34N2O4/c1-26(2)25(29)28(14-7-15-30-3)22-16-19(10-11-23(22)32-26)18-31-24-17-27-13-12-21(24)20-8-5-4-6-9-20/h4-6,8-11,16,21,24,27H,7,12-15,17-18H2,1-3H3/t21-,24+/m1/s1. The van der Waals surface area contributed by atoms with Crippen molar-refractivity contribution in [2.75, 3.05) is 38.3 Å². The van der Waals surface area contributed by atoms with Gasteiger partial charge in [0.1, 0.15) is 5.75 Å². The van der Waals surface area contributed by atoms with Crippen LogP contribution in [0.5, 0.6) is 5.75 Å². The third-order valence-electron chi connectivity index (χ3n) is 6.29. The fourth-order valence-corrected chi connectivity index (χ4v) is 4.58. The van der Waals surface area contributed by atoms with Gasteiger partial charge in [0.05, 0.1) is 18.4 Å². The lowest BCUT2D eigenvalue weighted by molar-refractivity contribution is -0.132. The van der Waals surface area contributed by atoms with Gasteiger partial charge in [-0.1, -0.05) is 36.4 Å². The summed E-state index contributed by atoms with van der Waals surface area (Å²) in [5.41, 5.74) is 2.30. The Bertz CT molecular complexity index is 915. The molecule has 1 fully saturated rings. The van der Waals surface area contributed by atoms with E-state index in [1.54, 1.807) is 7.11 Å². The zero-order valence-electron chi connectivity index (χ0n) is 19.3. The molecule has 32 heavy (non-hydrogen) atoms. The van der Waals surface area contributed by atoms with E-state index in [0.29, 0.717) is 25.7 Å². The van der Waals surface area contributed by atoms with Gasteiger partial charge in [0, 0.05) is 32.7 Å². The third-order valence-corrected chi connectivity index (χ3v) is 6.29. The zero-order chi connectivity index (χ0) is 22.6. The van der Waals surface area contributed by atoms with Crippen LogP contribution < -0.4 is 15.0 Å². The van der Waals surface area contributed by atoms with Crippen molar-refractivity contribution >= 4 is 11.6 Å². The molecule has 1 amide bonds. The molecule has 2 atom stereocenters. The van der Waals surface area contributed by atoms with Gasteiger partial charge in [-0.05, 0) is 56.5 Å². The molecule has 0 aromatic heterocycles. The minimum absolute atomic E-state index is 0.0280. The molecule has 2 aromatic rings. The molecule has 6 nitrogen and oxygen atoms in total. The highest BCUT2D eigenvalue weighted by atomic mass is 16.5. The van der Waals surface area contributed by atoms with Crippen molar-refractivity contribution in [3.8, 4) is 5.75 Å². The lowest BCUT2D eigenvalue weighted by atomic mass is 9.88. The first-order valence-corrected chi connectivity index (χ1v) is 11.5. The van der Waals surface area contributed by atoms with Gasteiger partial charge in [-0.2, -0.15) is 0 Å². The average Bonchev–Trinajstić information content (AvgIpc) is 2.81. The van der Waals surface area contributed by atoms with E-state index in [4.69, 9.17) is 14.2 Å². The number of hydrogen-bond acceptors (Lipinski definition) is 5. The number of piperidine rings is 1. The number of ether oxygens (including phenoxy) is 3. The maximum Gasteiger partial charge on any atom is 0.270 e. The topological polar surface area (TPSA) is 60.0 Å². The highest BCUT2D eigenvalue weighted by molar-refractivity contribution is 6.02. The molecule has 1 N–H and O–H groups in total. The van der Waals surface area contributed by atoms with Gasteiger partial charge >= 0.3 is 0 Å². The number of carbonyl (C=O) groups excluding carboxylic acids is 1.